The van der Waals surface area contributed by atoms with E-state index in [1.165, 1.54) is 12.4 Å². The number of rotatable bonds is 6. The van der Waals surface area contributed by atoms with Crippen molar-refractivity contribution in [1.29, 1.82) is 0 Å². The van der Waals surface area contributed by atoms with Crippen LogP contribution in [0.15, 0.2) is 24.3 Å². The molecule has 0 spiro atoms. The van der Waals surface area contributed by atoms with Crippen molar-refractivity contribution < 1.29 is 23.5 Å². The Morgan fingerprint density at radius 2 is 1.96 bits per heavy atom. The lowest BCUT2D eigenvalue weighted by molar-refractivity contribution is -0.131. The number of hydrogen-bond donors (Lipinski definition) is 3. The maximum absolute atomic E-state index is 12.0. The van der Waals surface area contributed by atoms with Gasteiger partial charge in [0.25, 0.3) is 5.91 Å². The molecule has 144 valence electrons. The summed E-state index contributed by atoms with van der Waals surface area (Å²) in [6.07, 6.45) is 2.31. The van der Waals surface area contributed by atoms with E-state index in [1.807, 2.05) is 24.3 Å². The number of benzene rings is 1. The molecular weight excluding hydrogens is 366 g/mol. The van der Waals surface area contributed by atoms with Gasteiger partial charge in [0.05, 0.1) is 0 Å². The van der Waals surface area contributed by atoms with E-state index in [4.69, 9.17) is 10.3 Å². The highest BCUT2D eigenvalue weighted by Gasteiger charge is 2.43. The van der Waals surface area contributed by atoms with Gasteiger partial charge in [-0.3, -0.25) is 10.0 Å². The van der Waals surface area contributed by atoms with Crippen LogP contribution in [-0.4, -0.2) is 42.2 Å². The van der Waals surface area contributed by atoms with Crippen LogP contribution in [0.3, 0.4) is 0 Å². The van der Waals surface area contributed by atoms with Gasteiger partial charge >= 0.3 is 0 Å². The Morgan fingerprint density at radius 3 is 2.48 bits per heavy atom. The minimum atomic E-state index is -3.70. The van der Waals surface area contributed by atoms with Crippen LogP contribution in [0.5, 0.6) is 0 Å². The van der Waals surface area contributed by atoms with Crippen LogP contribution >= 0.6 is 0 Å². The van der Waals surface area contributed by atoms with E-state index in [1.54, 1.807) is 0 Å². The summed E-state index contributed by atoms with van der Waals surface area (Å²) >= 11 is 0. The average molecular weight is 389 g/mol. The van der Waals surface area contributed by atoms with Crippen LogP contribution in [0.4, 0.5) is 0 Å². The van der Waals surface area contributed by atoms with E-state index in [0.29, 0.717) is 12.3 Å². The van der Waals surface area contributed by atoms with Crippen molar-refractivity contribution >= 4 is 15.7 Å². The third-order valence-corrected chi connectivity index (χ3v) is 6.96. The van der Waals surface area contributed by atoms with Gasteiger partial charge in [0, 0.05) is 24.3 Å². The first kappa shape index (κ1) is 21.0. The Labute approximate surface area is 159 Å². The Hall–Kier alpha value is -2.32. The standard InChI is InChI=1S/C20H23NO5S/c1-20(19(23)21-24,27(2,25)26)12-11-16-9-7-15(8-10-16)5-3-4-6-17-13-18(17)14-22/h7-10,17-18,22,24H,11-14H2,1-2H3,(H,21,23)/t17-,18+,20?/m0/s1. The van der Waals surface area contributed by atoms with Gasteiger partial charge in [0.1, 0.15) is 4.75 Å². The molecule has 1 aliphatic rings. The molecule has 1 amide bonds. The van der Waals surface area contributed by atoms with Crippen molar-refractivity contribution in [3.63, 3.8) is 0 Å². The van der Waals surface area contributed by atoms with Gasteiger partial charge in [-0.15, -0.1) is 0 Å². The molecule has 1 saturated carbocycles. The van der Waals surface area contributed by atoms with Gasteiger partial charge < -0.3 is 5.11 Å². The van der Waals surface area contributed by atoms with Crippen LogP contribution in [0, 0.1) is 35.5 Å². The van der Waals surface area contributed by atoms with Gasteiger partial charge in [0.15, 0.2) is 9.84 Å². The lowest BCUT2D eigenvalue weighted by Crippen LogP contribution is -2.49. The highest BCUT2D eigenvalue weighted by molar-refractivity contribution is 7.92. The van der Waals surface area contributed by atoms with Crippen molar-refractivity contribution in [3.05, 3.63) is 35.4 Å². The largest absolute Gasteiger partial charge is 0.396 e. The van der Waals surface area contributed by atoms with Crippen molar-refractivity contribution in [1.82, 2.24) is 5.48 Å². The van der Waals surface area contributed by atoms with E-state index >= 15 is 0 Å². The lowest BCUT2D eigenvalue weighted by atomic mass is 9.99. The predicted molar refractivity (Wildman–Crippen MR) is 101 cm³/mol. The molecule has 0 aromatic heterocycles. The van der Waals surface area contributed by atoms with Crippen LogP contribution in [0.25, 0.3) is 0 Å². The molecule has 0 heterocycles. The fourth-order valence-electron chi connectivity index (χ4n) is 2.58. The molecule has 0 saturated heterocycles. The molecule has 1 fully saturated rings. The van der Waals surface area contributed by atoms with E-state index < -0.39 is 20.5 Å². The summed E-state index contributed by atoms with van der Waals surface area (Å²) in [6.45, 7) is 1.47. The molecule has 1 aliphatic carbocycles. The molecule has 0 aliphatic heterocycles. The number of amides is 1. The maximum atomic E-state index is 12.0. The number of hydroxylamine groups is 1. The van der Waals surface area contributed by atoms with E-state index in [-0.39, 0.29) is 18.9 Å². The first-order valence-corrected chi connectivity index (χ1v) is 10.5. The van der Waals surface area contributed by atoms with Gasteiger partial charge in [0.2, 0.25) is 0 Å². The van der Waals surface area contributed by atoms with E-state index in [0.717, 1.165) is 23.8 Å². The molecular formula is C20H23NO5S. The Balaban J connectivity index is 1.98. The van der Waals surface area contributed by atoms with Crippen LogP contribution in [0.1, 0.15) is 30.9 Å². The molecule has 1 aromatic carbocycles. The molecule has 3 N–H and O–H groups in total. The summed E-state index contributed by atoms with van der Waals surface area (Å²) in [5, 5.41) is 17.8. The quantitative estimate of drug-likeness (QED) is 0.381. The van der Waals surface area contributed by atoms with E-state index in [2.05, 4.69) is 23.7 Å². The fraction of sp³-hybridized carbons (Fsp3) is 0.450. The Kier molecular flexibility index (Phi) is 6.67. The average Bonchev–Trinajstić information content (AvgIpc) is 3.41. The Morgan fingerprint density at radius 1 is 1.30 bits per heavy atom. The number of sulfone groups is 1. The third-order valence-electron chi connectivity index (χ3n) is 4.93. The first-order chi connectivity index (χ1) is 12.7. The van der Waals surface area contributed by atoms with Gasteiger partial charge in [-0.1, -0.05) is 24.0 Å². The zero-order valence-corrected chi connectivity index (χ0v) is 16.1. The monoisotopic (exact) mass is 389 g/mol. The minimum absolute atomic E-state index is 0.0438. The summed E-state index contributed by atoms with van der Waals surface area (Å²) in [7, 11) is -3.70. The number of aliphatic hydroxyl groups is 1. The number of carbonyl (C=O) groups is 1. The summed E-state index contributed by atoms with van der Waals surface area (Å²) in [5.41, 5.74) is 3.08. The van der Waals surface area contributed by atoms with Gasteiger partial charge in [-0.2, -0.15) is 0 Å². The van der Waals surface area contributed by atoms with Crippen LogP contribution in [-0.2, 0) is 21.1 Å². The smallest absolute Gasteiger partial charge is 0.264 e. The molecule has 3 atom stereocenters. The number of aliphatic hydroxyl groups excluding tert-OH is 1. The summed E-state index contributed by atoms with van der Waals surface area (Å²) in [4.78, 5) is 11.8. The predicted octanol–water partition coefficient (Wildman–Crippen LogP) is 0.911. The highest BCUT2D eigenvalue weighted by Crippen LogP contribution is 2.36. The Bertz CT molecular complexity index is 915. The second kappa shape index (κ2) is 8.58. The minimum Gasteiger partial charge on any atom is -0.396 e. The fourth-order valence-corrected chi connectivity index (χ4v) is 3.44. The van der Waals surface area contributed by atoms with Crippen molar-refractivity contribution in [2.45, 2.75) is 30.9 Å². The molecule has 1 aromatic rings. The molecule has 2 rings (SSSR count). The SMILES string of the molecule is CC(CCc1ccc(C#CC#C[C@H]2C[C@@H]2CO)cc1)(C(=O)NO)S(C)(=O)=O. The molecule has 6 nitrogen and oxygen atoms in total. The second-order valence-corrected chi connectivity index (χ2v) is 9.39. The zero-order chi connectivity index (χ0) is 20.1. The second-order valence-electron chi connectivity index (χ2n) is 6.95. The van der Waals surface area contributed by atoms with Gasteiger partial charge in [-0.25, -0.2) is 13.9 Å². The molecule has 1 unspecified atom stereocenters. The summed E-state index contributed by atoms with van der Waals surface area (Å²) in [6, 6.07) is 7.25. The van der Waals surface area contributed by atoms with E-state index in [9.17, 15) is 13.2 Å². The molecule has 27 heavy (non-hydrogen) atoms. The summed E-state index contributed by atoms with van der Waals surface area (Å²) in [5.74, 6) is 11.1. The summed E-state index contributed by atoms with van der Waals surface area (Å²) < 4.78 is 22.2. The lowest BCUT2D eigenvalue weighted by Gasteiger charge is -2.25. The zero-order valence-electron chi connectivity index (χ0n) is 15.3. The maximum Gasteiger partial charge on any atom is 0.264 e. The van der Waals surface area contributed by atoms with Crippen molar-refractivity contribution in [3.8, 4) is 23.7 Å². The third kappa shape index (κ3) is 5.33. The van der Waals surface area contributed by atoms with Crippen molar-refractivity contribution in [2.24, 2.45) is 11.8 Å². The van der Waals surface area contributed by atoms with Gasteiger partial charge in [-0.05, 0) is 61.6 Å². The highest BCUT2D eigenvalue weighted by atomic mass is 32.2. The number of carbonyl (C=O) groups excluding carboxylic acids is 1. The van der Waals surface area contributed by atoms with Crippen LogP contribution in [0.2, 0.25) is 0 Å². The topological polar surface area (TPSA) is 104 Å². The number of hydrogen-bond acceptors (Lipinski definition) is 5. The van der Waals surface area contributed by atoms with Crippen molar-refractivity contribution in [2.75, 3.05) is 12.9 Å². The number of aryl methyl sites for hydroxylation is 1. The first-order valence-electron chi connectivity index (χ1n) is 8.56. The molecule has 0 radical (unpaired) electrons. The number of nitrogens with one attached hydrogen (secondary N) is 1. The molecule has 0 bridgehead atoms. The molecule has 7 heteroatoms. The normalized spacial score (nSPS) is 20.3. The van der Waals surface area contributed by atoms with Crippen LogP contribution < -0.4 is 5.48 Å².